The molecule has 0 aliphatic carbocycles. The standard InChI is InChI=1S/C18H19Cl2NO2/c1-3-23-16-10-12-11(9-15(16)22-2)7-8-21-18(12)17-13(19)5-4-6-14(17)20/h4-6,9-10,18,21H,3,7-8H2,1-2H3. The summed E-state index contributed by atoms with van der Waals surface area (Å²) in [5.74, 6) is 1.50. The van der Waals surface area contributed by atoms with Crippen molar-refractivity contribution >= 4 is 23.2 Å². The Kier molecular flexibility index (Phi) is 5.00. The van der Waals surface area contributed by atoms with Crippen LogP contribution in [0.4, 0.5) is 0 Å². The fourth-order valence-electron chi connectivity index (χ4n) is 3.04. The topological polar surface area (TPSA) is 30.5 Å². The Labute approximate surface area is 146 Å². The summed E-state index contributed by atoms with van der Waals surface area (Å²) in [7, 11) is 1.66. The highest BCUT2D eigenvalue weighted by Crippen LogP contribution is 2.41. The second-order valence-corrected chi connectivity index (χ2v) is 6.22. The molecule has 1 aliphatic heterocycles. The monoisotopic (exact) mass is 351 g/mol. The van der Waals surface area contributed by atoms with E-state index in [1.807, 2.05) is 31.2 Å². The number of fused-ring (bicyclic) bond motifs is 1. The first-order valence-electron chi connectivity index (χ1n) is 7.66. The van der Waals surface area contributed by atoms with Crippen molar-refractivity contribution in [2.24, 2.45) is 0 Å². The zero-order chi connectivity index (χ0) is 16.4. The van der Waals surface area contributed by atoms with Crippen molar-refractivity contribution in [2.75, 3.05) is 20.3 Å². The minimum absolute atomic E-state index is 0.0509. The van der Waals surface area contributed by atoms with E-state index in [1.165, 1.54) is 5.56 Å². The number of hydrogen-bond acceptors (Lipinski definition) is 3. The van der Waals surface area contributed by atoms with Crippen molar-refractivity contribution < 1.29 is 9.47 Å². The maximum atomic E-state index is 6.41. The molecule has 1 atom stereocenters. The average Bonchev–Trinajstić information content (AvgIpc) is 2.54. The first kappa shape index (κ1) is 16.4. The van der Waals surface area contributed by atoms with Crippen molar-refractivity contribution in [3.63, 3.8) is 0 Å². The van der Waals surface area contributed by atoms with Crippen molar-refractivity contribution in [2.45, 2.75) is 19.4 Å². The lowest BCUT2D eigenvalue weighted by atomic mass is 9.89. The predicted molar refractivity (Wildman–Crippen MR) is 94.2 cm³/mol. The summed E-state index contributed by atoms with van der Waals surface area (Å²) in [5, 5.41) is 4.84. The van der Waals surface area contributed by atoms with Crippen LogP contribution in [0.15, 0.2) is 30.3 Å². The largest absolute Gasteiger partial charge is 0.493 e. The molecule has 1 unspecified atom stereocenters. The van der Waals surface area contributed by atoms with Crippen LogP contribution in [0, 0.1) is 0 Å². The van der Waals surface area contributed by atoms with Gasteiger partial charge in [-0.05, 0) is 48.7 Å². The number of halogens is 2. The first-order valence-corrected chi connectivity index (χ1v) is 8.42. The zero-order valence-electron chi connectivity index (χ0n) is 13.2. The maximum Gasteiger partial charge on any atom is 0.161 e. The Morgan fingerprint density at radius 1 is 1.17 bits per heavy atom. The maximum absolute atomic E-state index is 6.41. The third-order valence-electron chi connectivity index (χ3n) is 4.07. The molecular weight excluding hydrogens is 333 g/mol. The van der Waals surface area contributed by atoms with Crippen molar-refractivity contribution in [1.29, 1.82) is 0 Å². The van der Waals surface area contributed by atoms with Crippen molar-refractivity contribution in [1.82, 2.24) is 5.32 Å². The average molecular weight is 352 g/mol. The van der Waals surface area contributed by atoms with E-state index in [9.17, 15) is 0 Å². The molecule has 0 fully saturated rings. The van der Waals surface area contributed by atoms with Crippen LogP contribution >= 0.6 is 23.2 Å². The minimum atomic E-state index is -0.0509. The summed E-state index contributed by atoms with van der Waals surface area (Å²) >= 11 is 12.8. The molecule has 0 saturated heterocycles. The highest BCUT2D eigenvalue weighted by atomic mass is 35.5. The van der Waals surface area contributed by atoms with E-state index in [2.05, 4.69) is 11.4 Å². The van der Waals surface area contributed by atoms with Crippen LogP contribution in [-0.2, 0) is 6.42 Å². The van der Waals surface area contributed by atoms with Gasteiger partial charge in [0.25, 0.3) is 0 Å². The van der Waals surface area contributed by atoms with Gasteiger partial charge >= 0.3 is 0 Å². The van der Waals surface area contributed by atoms with Gasteiger partial charge in [0, 0.05) is 22.2 Å². The molecule has 0 bridgehead atoms. The van der Waals surface area contributed by atoms with Crippen molar-refractivity contribution in [3.05, 3.63) is 57.1 Å². The number of ether oxygens (including phenoxy) is 2. The summed E-state index contributed by atoms with van der Waals surface area (Å²) in [6.45, 7) is 3.40. The summed E-state index contributed by atoms with van der Waals surface area (Å²) in [6.07, 6.45) is 0.927. The second kappa shape index (κ2) is 7.00. The lowest BCUT2D eigenvalue weighted by Gasteiger charge is -2.29. The van der Waals surface area contributed by atoms with E-state index in [0.29, 0.717) is 16.7 Å². The number of hydrogen-bond donors (Lipinski definition) is 1. The van der Waals surface area contributed by atoms with E-state index >= 15 is 0 Å². The van der Waals surface area contributed by atoms with Gasteiger partial charge in [-0.25, -0.2) is 0 Å². The van der Waals surface area contributed by atoms with Gasteiger partial charge in [0.1, 0.15) is 0 Å². The van der Waals surface area contributed by atoms with Gasteiger partial charge in [0.15, 0.2) is 11.5 Å². The van der Waals surface area contributed by atoms with E-state index in [1.54, 1.807) is 7.11 Å². The van der Waals surface area contributed by atoms with Crippen LogP contribution in [0.3, 0.4) is 0 Å². The van der Waals surface area contributed by atoms with Gasteiger partial charge < -0.3 is 14.8 Å². The lowest BCUT2D eigenvalue weighted by molar-refractivity contribution is 0.309. The molecule has 0 saturated carbocycles. The van der Waals surface area contributed by atoms with Gasteiger partial charge in [-0.2, -0.15) is 0 Å². The molecule has 1 aliphatic rings. The normalized spacial score (nSPS) is 16.8. The fraction of sp³-hybridized carbons (Fsp3) is 0.333. The van der Waals surface area contributed by atoms with Gasteiger partial charge in [0.2, 0.25) is 0 Å². The highest BCUT2D eigenvalue weighted by Gasteiger charge is 2.27. The SMILES string of the molecule is CCOc1cc2c(cc1OC)CCNC2c1c(Cl)cccc1Cl. The fourth-order valence-corrected chi connectivity index (χ4v) is 3.65. The summed E-state index contributed by atoms with van der Waals surface area (Å²) in [6, 6.07) is 9.63. The molecule has 5 heteroatoms. The molecule has 1 N–H and O–H groups in total. The summed E-state index contributed by atoms with van der Waals surface area (Å²) < 4.78 is 11.2. The minimum Gasteiger partial charge on any atom is -0.493 e. The number of benzene rings is 2. The third kappa shape index (κ3) is 3.14. The van der Waals surface area contributed by atoms with Crippen LogP contribution in [0.1, 0.15) is 29.7 Å². The van der Waals surface area contributed by atoms with E-state index in [0.717, 1.165) is 35.6 Å². The molecule has 0 spiro atoms. The smallest absolute Gasteiger partial charge is 0.161 e. The summed E-state index contributed by atoms with van der Waals surface area (Å²) in [5.41, 5.74) is 3.27. The molecule has 2 aromatic rings. The van der Waals surface area contributed by atoms with Crippen LogP contribution in [0.2, 0.25) is 10.0 Å². The molecule has 0 aromatic heterocycles. The Morgan fingerprint density at radius 2 is 1.91 bits per heavy atom. The van der Waals surface area contributed by atoms with Crippen LogP contribution in [0.25, 0.3) is 0 Å². The molecule has 3 nitrogen and oxygen atoms in total. The molecule has 0 amide bonds. The second-order valence-electron chi connectivity index (χ2n) is 5.41. The Bertz CT molecular complexity index is 698. The highest BCUT2D eigenvalue weighted by molar-refractivity contribution is 6.36. The molecule has 3 rings (SSSR count). The Morgan fingerprint density at radius 3 is 2.57 bits per heavy atom. The Hall–Kier alpha value is -1.42. The van der Waals surface area contributed by atoms with Gasteiger partial charge in [-0.1, -0.05) is 29.3 Å². The predicted octanol–water partition coefficient (Wildman–Crippen LogP) is 4.64. The van der Waals surface area contributed by atoms with Crippen LogP contribution in [0.5, 0.6) is 11.5 Å². The number of methoxy groups -OCH3 is 1. The van der Waals surface area contributed by atoms with Gasteiger partial charge in [-0.3, -0.25) is 0 Å². The van der Waals surface area contributed by atoms with E-state index < -0.39 is 0 Å². The molecule has 23 heavy (non-hydrogen) atoms. The lowest BCUT2D eigenvalue weighted by Crippen LogP contribution is -2.31. The van der Waals surface area contributed by atoms with Crippen LogP contribution < -0.4 is 14.8 Å². The first-order chi connectivity index (χ1) is 11.2. The van der Waals surface area contributed by atoms with Gasteiger partial charge in [-0.15, -0.1) is 0 Å². The van der Waals surface area contributed by atoms with Crippen molar-refractivity contribution in [3.8, 4) is 11.5 Å². The number of rotatable bonds is 4. The number of nitrogens with one attached hydrogen (secondary N) is 1. The Balaban J connectivity index is 2.13. The van der Waals surface area contributed by atoms with E-state index in [-0.39, 0.29) is 6.04 Å². The molecule has 122 valence electrons. The molecule has 2 aromatic carbocycles. The molecule has 1 heterocycles. The van der Waals surface area contributed by atoms with E-state index in [4.69, 9.17) is 32.7 Å². The quantitative estimate of drug-likeness (QED) is 0.870. The summed E-state index contributed by atoms with van der Waals surface area (Å²) in [4.78, 5) is 0. The third-order valence-corrected chi connectivity index (χ3v) is 4.73. The molecular formula is C18H19Cl2NO2. The molecule has 0 radical (unpaired) electrons. The zero-order valence-corrected chi connectivity index (χ0v) is 14.7. The van der Waals surface area contributed by atoms with Gasteiger partial charge in [0.05, 0.1) is 19.8 Å². The van der Waals surface area contributed by atoms with Crippen LogP contribution in [-0.4, -0.2) is 20.3 Å².